The molecule has 1 aliphatic heterocycles. The maximum absolute atomic E-state index is 12.4. The van der Waals surface area contributed by atoms with E-state index >= 15 is 0 Å². The highest BCUT2D eigenvalue weighted by Gasteiger charge is 2.23. The molecule has 23 heavy (non-hydrogen) atoms. The summed E-state index contributed by atoms with van der Waals surface area (Å²) in [5.74, 6) is -0.121. The lowest BCUT2D eigenvalue weighted by Gasteiger charge is -2.34. The van der Waals surface area contributed by atoms with Crippen LogP contribution in [-0.2, 0) is 13.6 Å². The Labute approximate surface area is 134 Å². The summed E-state index contributed by atoms with van der Waals surface area (Å²) in [7, 11) is 1.55. The van der Waals surface area contributed by atoms with Crippen LogP contribution in [0.25, 0.3) is 0 Å². The van der Waals surface area contributed by atoms with Crippen LogP contribution >= 0.6 is 0 Å². The molecule has 3 heterocycles. The highest BCUT2D eigenvalue weighted by Crippen LogP contribution is 2.09. The van der Waals surface area contributed by atoms with E-state index in [2.05, 4.69) is 15.0 Å². The normalized spacial score (nSPS) is 15.6. The minimum atomic E-state index is -0.219. The van der Waals surface area contributed by atoms with Crippen molar-refractivity contribution < 1.29 is 4.79 Å². The van der Waals surface area contributed by atoms with E-state index in [4.69, 9.17) is 0 Å². The summed E-state index contributed by atoms with van der Waals surface area (Å²) >= 11 is 0. The minimum Gasteiger partial charge on any atom is -0.335 e. The van der Waals surface area contributed by atoms with Crippen LogP contribution in [0.2, 0.25) is 0 Å². The fourth-order valence-corrected chi connectivity index (χ4v) is 2.63. The van der Waals surface area contributed by atoms with Crippen molar-refractivity contribution in [3.63, 3.8) is 0 Å². The Kier molecular flexibility index (Phi) is 4.47. The summed E-state index contributed by atoms with van der Waals surface area (Å²) < 4.78 is 1.19. The predicted octanol–water partition coefficient (Wildman–Crippen LogP) is 0.133. The second-order valence-corrected chi connectivity index (χ2v) is 5.60. The molecule has 1 amide bonds. The number of piperazine rings is 1. The van der Waals surface area contributed by atoms with Gasteiger partial charge in [0.2, 0.25) is 0 Å². The number of aromatic nitrogens is 3. The van der Waals surface area contributed by atoms with Crippen LogP contribution in [0.15, 0.2) is 41.5 Å². The number of pyridine rings is 1. The Morgan fingerprint density at radius 3 is 2.43 bits per heavy atom. The number of carbonyl (C=O) groups is 1. The SMILES string of the molecule is Cn1nc(C(=O)N2CCN(Cc3ccncc3)CC2)ccc1=O. The van der Waals surface area contributed by atoms with Crippen molar-refractivity contribution >= 4 is 5.91 Å². The Hall–Kier alpha value is -2.54. The second-order valence-electron chi connectivity index (χ2n) is 5.60. The number of hydrogen-bond acceptors (Lipinski definition) is 5. The van der Waals surface area contributed by atoms with Crippen LogP contribution in [0.1, 0.15) is 16.1 Å². The summed E-state index contributed by atoms with van der Waals surface area (Å²) in [6, 6.07) is 6.88. The van der Waals surface area contributed by atoms with Crippen molar-refractivity contribution in [3.05, 3.63) is 58.3 Å². The molecule has 1 saturated heterocycles. The average molecular weight is 313 g/mol. The molecule has 0 spiro atoms. The molecule has 3 rings (SSSR count). The van der Waals surface area contributed by atoms with E-state index in [-0.39, 0.29) is 11.5 Å². The molecule has 1 aliphatic rings. The maximum atomic E-state index is 12.4. The van der Waals surface area contributed by atoms with Gasteiger partial charge in [-0.2, -0.15) is 5.10 Å². The number of aryl methyl sites for hydroxylation is 1. The van der Waals surface area contributed by atoms with E-state index in [9.17, 15) is 9.59 Å². The second kappa shape index (κ2) is 6.70. The number of amides is 1. The zero-order valence-corrected chi connectivity index (χ0v) is 13.1. The van der Waals surface area contributed by atoms with Crippen LogP contribution < -0.4 is 5.56 Å². The van der Waals surface area contributed by atoms with Gasteiger partial charge in [-0.15, -0.1) is 0 Å². The molecule has 0 unspecified atom stereocenters. The third-order valence-corrected chi connectivity index (χ3v) is 3.99. The number of rotatable bonds is 3. The summed E-state index contributed by atoms with van der Waals surface area (Å²) in [4.78, 5) is 31.9. The van der Waals surface area contributed by atoms with Crippen molar-refractivity contribution in [2.75, 3.05) is 26.2 Å². The van der Waals surface area contributed by atoms with Crippen molar-refractivity contribution in [1.29, 1.82) is 0 Å². The van der Waals surface area contributed by atoms with Gasteiger partial charge >= 0.3 is 0 Å². The lowest BCUT2D eigenvalue weighted by Crippen LogP contribution is -2.48. The minimum absolute atomic E-state index is 0.121. The van der Waals surface area contributed by atoms with E-state index in [0.29, 0.717) is 18.8 Å². The molecule has 0 saturated carbocycles. The monoisotopic (exact) mass is 313 g/mol. The largest absolute Gasteiger partial charge is 0.335 e. The lowest BCUT2D eigenvalue weighted by molar-refractivity contribution is 0.0620. The van der Waals surface area contributed by atoms with Crippen LogP contribution in [0.5, 0.6) is 0 Å². The molecule has 0 atom stereocenters. The Bertz CT molecular complexity index is 736. The van der Waals surface area contributed by atoms with Gasteiger partial charge in [0.05, 0.1) is 0 Å². The highest BCUT2D eigenvalue weighted by molar-refractivity contribution is 5.92. The first kappa shape index (κ1) is 15.4. The Balaban J connectivity index is 1.59. The van der Waals surface area contributed by atoms with Gasteiger partial charge in [-0.1, -0.05) is 0 Å². The fourth-order valence-electron chi connectivity index (χ4n) is 2.63. The maximum Gasteiger partial charge on any atom is 0.274 e. The predicted molar refractivity (Wildman–Crippen MR) is 84.9 cm³/mol. The van der Waals surface area contributed by atoms with Gasteiger partial charge < -0.3 is 4.90 Å². The number of hydrogen-bond donors (Lipinski definition) is 0. The smallest absolute Gasteiger partial charge is 0.274 e. The van der Waals surface area contributed by atoms with Crippen LogP contribution in [-0.4, -0.2) is 56.7 Å². The fraction of sp³-hybridized carbons (Fsp3) is 0.375. The van der Waals surface area contributed by atoms with Crippen molar-refractivity contribution in [3.8, 4) is 0 Å². The van der Waals surface area contributed by atoms with Gasteiger partial charge in [0.25, 0.3) is 11.5 Å². The van der Waals surface area contributed by atoms with Crippen molar-refractivity contribution in [1.82, 2.24) is 24.6 Å². The van der Waals surface area contributed by atoms with Crippen molar-refractivity contribution in [2.24, 2.45) is 7.05 Å². The lowest BCUT2D eigenvalue weighted by atomic mass is 10.2. The first-order valence-electron chi connectivity index (χ1n) is 7.58. The summed E-state index contributed by atoms with van der Waals surface area (Å²) in [6.07, 6.45) is 3.58. The molecule has 0 bridgehead atoms. The Morgan fingerprint density at radius 2 is 1.78 bits per heavy atom. The molecule has 0 aromatic carbocycles. The third-order valence-electron chi connectivity index (χ3n) is 3.99. The molecule has 0 radical (unpaired) electrons. The third kappa shape index (κ3) is 3.62. The van der Waals surface area contributed by atoms with Crippen LogP contribution in [0.3, 0.4) is 0 Å². The van der Waals surface area contributed by atoms with E-state index < -0.39 is 0 Å². The molecule has 1 fully saturated rings. The van der Waals surface area contributed by atoms with E-state index in [1.807, 2.05) is 12.1 Å². The molecule has 120 valence electrons. The highest BCUT2D eigenvalue weighted by atomic mass is 16.2. The van der Waals surface area contributed by atoms with Crippen LogP contribution in [0.4, 0.5) is 0 Å². The van der Waals surface area contributed by atoms with Gasteiger partial charge in [-0.05, 0) is 23.8 Å². The van der Waals surface area contributed by atoms with Crippen LogP contribution in [0, 0.1) is 0 Å². The number of nitrogens with zero attached hydrogens (tertiary/aromatic N) is 5. The van der Waals surface area contributed by atoms with Gasteiger partial charge in [0.1, 0.15) is 5.69 Å². The van der Waals surface area contributed by atoms with Gasteiger partial charge in [0.15, 0.2) is 0 Å². The topological polar surface area (TPSA) is 71.3 Å². The first-order chi connectivity index (χ1) is 11.1. The summed E-state index contributed by atoms with van der Waals surface area (Å²) in [5.41, 5.74) is 1.32. The molecule has 0 aliphatic carbocycles. The molecule has 7 nitrogen and oxygen atoms in total. The molecular weight excluding hydrogens is 294 g/mol. The molecule has 7 heteroatoms. The van der Waals surface area contributed by atoms with Crippen molar-refractivity contribution in [2.45, 2.75) is 6.54 Å². The van der Waals surface area contributed by atoms with Gasteiger partial charge in [0, 0.05) is 58.2 Å². The first-order valence-corrected chi connectivity index (χ1v) is 7.58. The zero-order valence-electron chi connectivity index (χ0n) is 13.1. The molecular formula is C16H19N5O2. The quantitative estimate of drug-likeness (QED) is 0.806. The number of carbonyl (C=O) groups excluding carboxylic acids is 1. The van der Waals surface area contributed by atoms with E-state index in [1.54, 1.807) is 24.3 Å². The molecule has 0 N–H and O–H groups in total. The van der Waals surface area contributed by atoms with E-state index in [1.165, 1.54) is 22.4 Å². The molecule has 2 aromatic rings. The summed E-state index contributed by atoms with van der Waals surface area (Å²) in [6.45, 7) is 3.82. The van der Waals surface area contributed by atoms with E-state index in [0.717, 1.165) is 19.6 Å². The standard InChI is InChI=1S/C16H19N5O2/c1-19-15(22)3-2-14(18-19)16(23)21-10-8-20(9-11-21)12-13-4-6-17-7-5-13/h2-7H,8-12H2,1H3. The average Bonchev–Trinajstić information content (AvgIpc) is 2.58. The molecule has 2 aromatic heterocycles. The summed E-state index contributed by atoms with van der Waals surface area (Å²) in [5, 5.41) is 4.03. The Morgan fingerprint density at radius 1 is 1.09 bits per heavy atom. The van der Waals surface area contributed by atoms with Gasteiger partial charge in [-0.25, -0.2) is 4.68 Å². The zero-order chi connectivity index (χ0) is 16.2. The van der Waals surface area contributed by atoms with Gasteiger partial charge in [-0.3, -0.25) is 19.5 Å².